The normalized spacial score (nSPS) is 14.2. The average molecular weight is 623 g/mol. The van der Waals surface area contributed by atoms with E-state index in [9.17, 15) is 24.6 Å². The van der Waals surface area contributed by atoms with Crippen LogP contribution >= 0.6 is 0 Å². The molecule has 0 bridgehead atoms. The lowest BCUT2D eigenvalue weighted by molar-refractivity contribution is 0.0543. The number of hydrogen-bond donors (Lipinski definition) is 2. The van der Waals surface area contributed by atoms with E-state index in [0.29, 0.717) is 59.8 Å². The van der Waals surface area contributed by atoms with Crippen LogP contribution in [-0.2, 0) is 13.0 Å². The maximum atomic E-state index is 14.5. The number of aromatic nitrogens is 2. The van der Waals surface area contributed by atoms with Gasteiger partial charge in [-0.25, -0.2) is 9.48 Å². The molecule has 0 unspecified atom stereocenters. The highest BCUT2D eigenvalue weighted by Crippen LogP contribution is 2.31. The molecule has 2 N–H and O–H groups in total. The number of benzene rings is 3. The van der Waals surface area contributed by atoms with Crippen LogP contribution in [0.15, 0.2) is 72.8 Å². The SMILES string of the molecule is CCCCN(CCCC)C(=O)c1cc(C)n(-c2ccc(-c3cccc(C(=O)O)c3)cc2C(=O)N2Cc3ccccc3C[C@H]2CO)n1. The van der Waals surface area contributed by atoms with Crippen molar-refractivity contribution in [2.24, 2.45) is 0 Å². The first-order valence-corrected chi connectivity index (χ1v) is 16.1. The van der Waals surface area contributed by atoms with E-state index in [1.807, 2.05) is 42.2 Å². The van der Waals surface area contributed by atoms with E-state index in [1.54, 1.807) is 46.0 Å². The van der Waals surface area contributed by atoms with Gasteiger partial charge in [-0.15, -0.1) is 0 Å². The molecular weight excluding hydrogens is 580 g/mol. The Kier molecular flexibility index (Phi) is 10.3. The van der Waals surface area contributed by atoms with Crippen LogP contribution in [0.2, 0.25) is 0 Å². The van der Waals surface area contributed by atoms with Gasteiger partial charge in [0.25, 0.3) is 11.8 Å². The van der Waals surface area contributed by atoms with Crippen molar-refractivity contribution in [3.63, 3.8) is 0 Å². The predicted molar refractivity (Wildman–Crippen MR) is 177 cm³/mol. The number of aromatic carboxylic acids is 1. The number of nitrogens with zero attached hydrogens (tertiary/aromatic N) is 4. The number of aryl methyl sites for hydroxylation is 1. The van der Waals surface area contributed by atoms with Crippen molar-refractivity contribution in [1.29, 1.82) is 0 Å². The fourth-order valence-electron chi connectivity index (χ4n) is 6.04. The van der Waals surface area contributed by atoms with E-state index >= 15 is 0 Å². The molecule has 0 spiro atoms. The molecule has 240 valence electrons. The van der Waals surface area contributed by atoms with Crippen molar-refractivity contribution in [2.45, 2.75) is 65.5 Å². The second-order valence-corrected chi connectivity index (χ2v) is 11.9. The number of aliphatic hydroxyl groups excluding tert-OH is 1. The summed E-state index contributed by atoms with van der Waals surface area (Å²) in [4.78, 5) is 43.4. The number of carboxylic acid groups (broad SMARTS) is 1. The lowest BCUT2D eigenvalue weighted by Gasteiger charge is -2.36. The molecule has 0 saturated carbocycles. The van der Waals surface area contributed by atoms with Crippen LogP contribution in [0.3, 0.4) is 0 Å². The van der Waals surface area contributed by atoms with Crippen LogP contribution in [0.25, 0.3) is 16.8 Å². The van der Waals surface area contributed by atoms with Gasteiger partial charge in [-0.1, -0.05) is 69.2 Å². The molecule has 0 aliphatic carbocycles. The Bertz CT molecular complexity index is 1720. The van der Waals surface area contributed by atoms with Gasteiger partial charge in [0, 0.05) is 25.3 Å². The highest BCUT2D eigenvalue weighted by molar-refractivity contribution is 6.00. The summed E-state index contributed by atoms with van der Waals surface area (Å²) in [6.45, 7) is 7.53. The molecule has 2 heterocycles. The van der Waals surface area contributed by atoms with Crippen LogP contribution in [-0.4, -0.2) is 73.3 Å². The third-order valence-corrected chi connectivity index (χ3v) is 8.68. The number of amides is 2. The molecule has 3 aromatic carbocycles. The topological polar surface area (TPSA) is 116 Å². The van der Waals surface area contributed by atoms with Crippen molar-refractivity contribution in [2.75, 3.05) is 19.7 Å². The summed E-state index contributed by atoms with van der Waals surface area (Å²) in [5.41, 5.74) is 5.45. The minimum atomic E-state index is -1.04. The van der Waals surface area contributed by atoms with Crippen LogP contribution in [0.1, 0.15) is 87.6 Å². The van der Waals surface area contributed by atoms with Gasteiger partial charge in [0.05, 0.1) is 29.5 Å². The molecular formula is C37H42N4O5. The molecule has 0 radical (unpaired) electrons. The molecule has 9 nitrogen and oxygen atoms in total. The first-order chi connectivity index (χ1) is 22.2. The Morgan fingerprint density at radius 2 is 1.59 bits per heavy atom. The van der Waals surface area contributed by atoms with Crippen LogP contribution in [0, 0.1) is 6.92 Å². The average Bonchev–Trinajstić information content (AvgIpc) is 3.47. The van der Waals surface area contributed by atoms with Gasteiger partial charge in [-0.2, -0.15) is 5.10 Å². The van der Waals surface area contributed by atoms with E-state index < -0.39 is 12.0 Å². The first kappa shape index (κ1) is 32.6. The maximum absolute atomic E-state index is 14.5. The fraction of sp³-hybridized carbons (Fsp3) is 0.351. The number of carbonyl (C=O) groups is 3. The summed E-state index contributed by atoms with van der Waals surface area (Å²) in [7, 11) is 0. The smallest absolute Gasteiger partial charge is 0.335 e. The Balaban J connectivity index is 1.59. The summed E-state index contributed by atoms with van der Waals surface area (Å²) in [5.74, 6) is -1.45. The minimum Gasteiger partial charge on any atom is -0.478 e. The lowest BCUT2D eigenvalue weighted by Crippen LogP contribution is -2.46. The number of hydrogen-bond acceptors (Lipinski definition) is 5. The molecule has 1 aromatic heterocycles. The van der Waals surface area contributed by atoms with E-state index in [2.05, 4.69) is 13.8 Å². The zero-order valence-corrected chi connectivity index (χ0v) is 26.8. The van der Waals surface area contributed by atoms with Crippen molar-refractivity contribution < 1.29 is 24.6 Å². The van der Waals surface area contributed by atoms with Gasteiger partial charge in [0.1, 0.15) is 0 Å². The molecule has 0 saturated heterocycles. The molecule has 1 aliphatic rings. The monoisotopic (exact) mass is 622 g/mol. The number of unbranched alkanes of at least 4 members (excludes halogenated alkanes) is 2. The summed E-state index contributed by atoms with van der Waals surface area (Å²) in [5, 5.41) is 24.7. The number of rotatable bonds is 12. The minimum absolute atomic E-state index is 0.133. The fourth-order valence-corrected chi connectivity index (χ4v) is 6.04. The molecule has 1 atom stereocenters. The van der Waals surface area contributed by atoms with Gasteiger partial charge in [-0.05, 0) is 78.8 Å². The van der Waals surface area contributed by atoms with Gasteiger partial charge in [0.2, 0.25) is 0 Å². The van der Waals surface area contributed by atoms with Crippen LogP contribution < -0.4 is 0 Å². The Hall–Kier alpha value is -4.76. The first-order valence-electron chi connectivity index (χ1n) is 16.1. The highest BCUT2D eigenvalue weighted by Gasteiger charge is 2.32. The lowest BCUT2D eigenvalue weighted by atomic mass is 9.93. The predicted octanol–water partition coefficient (Wildman–Crippen LogP) is 6.15. The number of aliphatic hydroxyl groups is 1. The summed E-state index contributed by atoms with van der Waals surface area (Å²) < 4.78 is 1.64. The van der Waals surface area contributed by atoms with Crippen molar-refractivity contribution in [1.82, 2.24) is 19.6 Å². The van der Waals surface area contributed by atoms with Gasteiger partial charge in [0.15, 0.2) is 5.69 Å². The highest BCUT2D eigenvalue weighted by atomic mass is 16.4. The van der Waals surface area contributed by atoms with Crippen molar-refractivity contribution >= 4 is 17.8 Å². The molecule has 0 fully saturated rings. The third kappa shape index (κ3) is 6.89. The van der Waals surface area contributed by atoms with E-state index in [4.69, 9.17) is 5.10 Å². The molecule has 9 heteroatoms. The van der Waals surface area contributed by atoms with Crippen LogP contribution in [0.4, 0.5) is 0 Å². The van der Waals surface area contributed by atoms with Gasteiger partial charge in [-0.3, -0.25) is 9.59 Å². The van der Waals surface area contributed by atoms with E-state index in [1.165, 1.54) is 6.07 Å². The second-order valence-electron chi connectivity index (χ2n) is 11.9. The molecule has 4 aromatic rings. The summed E-state index contributed by atoms with van der Waals surface area (Å²) in [6.07, 6.45) is 4.30. The largest absolute Gasteiger partial charge is 0.478 e. The van der Waals surface area contributed by atoms with Gasteiger partial charge < -0.3 is 20.0 Å². The Morgan fingerprint density at radius 3 is 2.26 bits per heavy atom. The molecule has 1 aliphatic heterocycles. The molecule has 5 rings (SSSR count). The zero-order valence-electron chi connectivity index (χ0n) is 26.8. The van der Waals surface area contributed by atoms with Gasteiger partial charge >= 0.3 is 5.97 Å². The molecule has 2 amide bonds. The quantitative estimate of drug-likeness (QED) is 0.196. The number of carbonyl (C=O) groups excluding carboxylic acids is 2. The maximum Gasteiger partial charge on any atom is 0.335 e. The summed E-state index contributed by atoms with van der Waals surface area (Å²) in [6, 6.07) is 21.2. The van der Waals surface area contributed by atoms with E-state index in [0.717, 1.165) is 36.8 Å². The standard InChI is InChI=1S/C37H42N4O5/c1-4-6-17-39(18-7-5-2)36(44)33-19-25(3)41(38-33)34-16-15-28(26-13-10-14-29(20-26)37(45)46)22-32(34)35(43)40-23-30-12-9-8-11-27(30)21-31(40)24-42/h8-16,19-20,22,31,42H,4-7,17-18,21,23-24H2,1-3H3,(H,45,46)/t31-/m0/s1. The Morgan fingerprint density at radius 1 is 0.891 bits per heavy atom. The summed E-state index contributed by atoms with van der Waals surface area (Å²) >= 11 is 0. The third-order valence-electron chi connectivity index (χ3n) is 8.68. The molecule has 46 heavy (non-hydrogen) atoms. The second kappa shape index (κ2) is 14.6. The Labute approximate surface area is 270 Å². The van der Waals surface area contributed by atoms with Crippen LogP contribution in [0.5, 0.6) is 0 Å². The number of carboxylic acids is 1. The number of fused-ring (bicyclic) bond motifs is 1. The van der Waals surface area contributed by atoms with Crippen molar-refractivity contribution in [3.05, 3.63) is 106 Å². The zero-order chi connectivity index (χ0) is 32.8. The van der Waals surface area contributed by atoms with E-state index in [-0.39, 0.29) is 24.0 Å². The van der Waals surface area contributed by atoms with Crippen molar-refractivity contribution in [3.8, 4) is 16.8 Å².